The SMILES string of the molecule is O=C(c1cccc(Cl)c1Cl)N1CCC(c2noc3cc(F)ccc23)CC1. The maximum atomic E-state index is 13.3. The Labute approximate surface area is 159 Å². The normalized spacial score (nSPS) is 15.6. The van der Waals surface area contributed by atoms with Crippen LogP contribution in [0.2, 0.25) is 10.0 Å². The zero-order valence-electron chi connectivity index (χ0n) is 13.7. The Kier molecular flexibility index (Phi) is 4.59. The molecular formula is C19H15Cl2FN2O2. The second-order valence-corrected chi connectivity index (χ2v) is 7.16. The van der Waals surface area contributed by atoms with Crippen molar-refractivity contribution in [3.63, 3.8) is 0 Å². The zero-order valence-corrected chi connectivity index (χ0v) is 15.2. The van der Waals surface area contributed by atoms with Crippen molar-refractivity contribution in [3.05, 3.63) is 63.5 Å². The first-order valence-electron chi connectivity index (χ1n) is 8.32. The highest BCUT2D eigenvalue weighted by Crippen LogP contribution is 2.34. The molecule has 0 N–H and O–H groups in total. The molecule has 0 radical (unpaired) electrons. The lowest BCUT2D eigenvalue weighted by atomic mass is 9.91. The van der Waals surface area contributed by atoms with Crippen molar-refractivity contribution in [2.24, 2.45) is 0 Å². The summed E-state index contributed by atoms with van der Waals surface area (Å²) in [5.41, 5.74) is 1.69. The van der Waals surface area contributed by atoms with Gasteiger partial charge in [0, 0.05) is 30.5 Å². The van der Waals surface area contributed by atoms with Crippen LogP contribution in [0.25, 0.3) is 11.0 Å². The van der Waals surface area contributed by atoms with Crippen molar-refractivity contribution in [3.8, 4) is 0 Å². The van der Waals surface area contributed by atoms with Crippen LogP contribution in [0.1, 0.15) is 34.8 Å². The number of likely N-dealkylation sites (tertiary alicyclic amines) is 1. The zero-order chi connectivity index (χ0) is 18.3. The quantitative estimate of drug-likeness (QED) is 0.594. The number of hydrogen-bond acceptors (Lipinski definition) is 3. The van der Waals surface area contributed by atoms with E-state index in [9.17, 15) is 9.18 Å². The average molecular weight is 393 g/mol. The van der Waals surface area contributed by atoms with E-state index in [1.165, 1.54) is 12.1 Å². The molecule has 0 spiro atoms. The predicted molar refractivity (Wildman–Crippen MR) is 98.3 cm³/mol. The molecule has 4 rings (SSSR count). The van der Waals surface area contributed by atoms with Gasteiger partial charge in [-0.05, 0) is 37.1 Å². The Morgan fingerprint density at radius 3 is 2.73 bits per heavy atom. The average Bonchev–Trinajstić information content (AvgIpc) is 3.06. The van der Waals surface area contributed by atoms with Crippen LogP contribution < -0.4 is 0 Å². The molecule has 2 aromatic carbocycles. The van der Waals surface area contributed by atoms with Gasteiger partial charge in [0.15, 0.2) is 5.58 Å². The number of fused-ring (bicyclic) bond motifs is 1. The standard InChI is InChI=1S/C19H15Cl2FN2O2/c20-15-3-1-2-14(17(15)21)19(25)24-8-6-11(7-9-24)18-13-5-4-12(22)10-16(13)26-23-18/h1-5,10-11H,6-9H2. The van der Waals surface area contributed by atoms with E-state index in [4.69, 9.17) is 27.7 Å². The predicted octanol–water partition coefficient (Wildman–Crippen LogP) is 5.29. The van der Waals surface area contributed by atoms with Crippen LogP contribution >= 0.6 is 23.2 Å². The number of carbonyl (C=O) groups excluding carboxylic acids is 1. The number of nitrogens with zero attached hydrogens (tertiary/aromatic N) is 2. The third-order valence-corrected chi connectivity index (χ3v) is 5.63. The van der Waals surface area contributed by atoms with E-state index in [2.05, 4.69) is 5.16 Å². The first-order valence-corrected chi connectivity index (χ1v) is 9.08. The Balaban J connectivity index is 1.50. The van der Waals surface area contributed by atoms with Gasteiger partial charge in [0.2, 0.25) is 0 Å². The van der Waals surface area contributed by atoms with Crippen LogP contribution in [0.3, 0.4) is 0 Å². The smallest absolute Gasteiger partial charge is 0.255 e. The van der Waals surface area contributed by atoms with E-state index in [-0.39, 0.29) is 22.7 Å². The van der Waals surface area contributed by atoms with Crippen molar-refractivity contribution >= 4 is 40.1 Å². The highest BCUT2D eigenvalue weighted by atomic mass is 35.5. The summed E-state index contributed by atoms with van der Waals surface area (Å²) in [5.74, 6) is -0.303. The molecule has 0 unspecified atom stereocenters. The maximum Gasteiger partial charge on any atom is 0.255 e. The number of rotatable bonds is 2. The van der Waals surface area contributed by atoms with Gasteiger partial charge in [-0.1, -0.05) is 34.4 Å². The van der Waals surface area contributed by atoms with Crippen LogP contribution in [0, 0.1) is 5.82 Å². The van der Waals surface area contributed by atoms with Gasteiger partial charge in [0.25, 0.3) is 5.91 Å². The molecule has 134 valence electrons. The van der Waals surface area contributed by atoms with E-state index < -0.39 is 0 Å². The first kappa shape index (κ1) is 17.3. The fourth-order valence-electron chi connectivity index (χ4n) is 3.42. The summed E-state index contributed by atoms with van der Waals surface area (Å²) < 4.78 is 18.6. The van der Waals surface area contributed by atoms with E-state index >= 15 is 0 Å². The van der Waals surface area contributed by atoms with Crippen LogP contribution in [-0.4, -0.2) is 29.1 Å². The van der Waals surface area contributed by atoms with Crippen molar-refractivity contribution in [2.75, 3.05) is 13.1 Å². The third-order valence-electron chi connectivity index (χ3n) is 4.81. The largest absolute Gasteiger partial charge is 0.356 e. The minimum Gasteiger partial charge on any atom is -0.356 e. The van der Waals surface area contributed by atoms with Crippen molar-refractivity contribution in [1.82, 2.24) is 10.1 Å². The number of piperidine rings is 1. The van der Waals surface area contributed by atoms with Gasteiger partial charge in [0.1, 0.15) is 5.82 Å². The van der Waals surface area contributed by atoms with Gasteiger partial charge in [0.05, 0.1) is 21.3 Å². The minimum atomic E-state index is -0.348. The molecule has 0 atom stereocenters. The fraction of sp³-hybridized carbons (Fsp3) is 0.263. The van der Waals surface area contributed by atoms with E-state index in [1.807, 2.05) is 0 Å². The Hall–Kier alpha value is -2.11. The number of hydrogen-bond donors (Lipinski definition) is 0. The highest BCUT2D eigenvalue weighted by molar-refractivity contribution is 6.43. The highest BCUT2D eigenvalue weighted by Gasteiger charge is 2.28. The number of aromatic nitrogens is 1. The number of halogens is 3. The molecule has 26 heavy (non-hydrogen) atoms. The molecule has 0 saturated carbocycles. The second kappa shape index (κ2) is 6.89. The molecule has 1 fully saturated rings. The molecule has 4 nitrogen and oxygen atoms in total. The summed E-state index contributed by atoms with van der Waals surface area (Å²) in [5, 5.41) is 5.61. The lowest BCUT2D eigenvalue weighted by molar-refractivity contribution is 0.0712. The molecule has 0 bridgehead atoms. The van der Waals surface area contributed by atoms with E-state index in [0.29, 0.717) is 29.3 Å². The number of benzene rings is 2. The van der Waals surface area contributed by atoms with Crippen LogP contribution in [0.15, 0.2) is 40.9 Å². The van der Waals surface area contributed by atoms with Gasteiger partial charge in [-0.2, -0.15) is 0 Å². The Bertz CT molecular complexity index is 981. The van der Waals surface area contributed by atoms with Gasteiger partial charge in [-0.15, -0.1) is 0 Å². The van der Waals surface area contributed by atoms with Gasteiger partial charge < -0.3 is 9.42 Å². The van der Waals surface area contributed by atoms with E-state index in [0.717, 1.165) is 23.9 Å². The van der Waals surface area contributed by atoms with Crippen LogP contribution in [0.5, 0.6) is 0 Å². The summed E-state index contributed by atoms with van der Waals surface area (Å²) >= 11 is 12.2. The van der Waals surface area contributed by atoms with Crippen LogP contribution in [-0.2, 0) is 0 Å². The molecule has 3 aromatic rings. The molecule has 7 heteroatoms. The topological polar surface area (TPSA) is 46.3 Å². The summed E-state index contributed by atoms with van der Waals surface area (Å²) in [6.07, 6.45) is 1.51. The first-order chi connectivity index (χ1) is 12.5. The second-order valence-electron chi connectivity index (χ2n) is 6.38. The Morgan fingerprint density at radius 1 is 1.19 bits per heavy atom. The molecule has 1 aromatic heterocycles. The number of amides is 1. The summed E-state index contributed by atoms with van der Waals surface area (Å²) in [7, 11) is 0. The van der Waals surface area contributed by atoms with Gasteiger partial charge >= 0.3 is 0 Å². The number of carbonyl (C=O) groups is 1. The molecule has 1 saturated heterocycles. The third kappa shape index (κ3) is 3.06. The van der Waals surface area contributed by atoms with Gasteiger partial charge in [-0.25, -0.2) is 4.39 Å². The summed E-state index contributed by atoms with van der Waals surface area (Å²) in [4.78, 5) is 14.5. The van der Waals surface area contributed by atoms with Crippen molar-refractivity contribution < 1.29 is 13.7 Å². The summed E-state index contributed by atoms with van der Waals surface area (Å²) in [6.45, 7) is 1.17. The molecule has 1 aliphatic heterocycles. The molecule has 2 heterocycles. The maximum absolute atomic E-state index is 13.3. The van der Waals surface area contributed by atoms with Crippen LogP contribution in [0.4, 0.5) is 4.39 Å². The van der Waals surface area contributed by atoms with Gasteiger partial charge in [-0.3, -0.25) is 4.79 Å². The molecule has 1 amide bonds. The summed E-state index contributed by atoms with van der Waals surface area (Å²) in [6, 6.07) is 9.50. The lowest BCUT2D eigenvalue weighted by Crippen LogP contribution is -2.38. The molecule has 0 aliphatic carbocycles. The van der Waals surface area contributed by atoms with E-state index in [1.54, 1.807) is 29.2 Å². The van der Waals surface area contributed by atoms with Crippen molar-refractivity contribution in [1.29, 1.82) is 0 Å². The Morgan fingerprint density at radius 2 is 1.96 bits per heavy atom. The molecular weight excluding hydrogens is 378 g/mol. The molecule has 1 aliphatic rings. The van der Waals surface area contributed by atoms with Crippen molar-refractivity contribution in [2.45, 2.75) is 18.8 Å². The fourth-order valence-corrected chi connectivity index (χ4v) is 3.80. The monoisotopic (exact) mass is 392 g/mol. The minimum absolute atomic E-state index is 0.122. The lowest BCUT2D eigenvalue weighted by Gasteiger charge is -2.31.